The van der Waals surface area contributed by atoms with E-state index in [1.165, 1.54) is 7.11 Å². The van der Waals surface area contributed by atoms with Crippen LogP contribution in [0.2, 0.25) is 0 Å². The maximum atomic E-state index is 12.4. The molecule has 25 heavy (non-hydrogen) atoms. The molecule has 2 amide bonds. The minimum atomic E-state index is -1.17. The van der Waals surface area contributed by atoms with E-state index in [1.807, 2.05) is 11.9 Å². The van der Waals surface area contributed by atoms with Crippen LogP contribution in [-0.2, 0) is 11.3 Å². The fraction of sp³-hybridized carbons (Fsp3) is 0.438. The SMILES string of the molecule is COc1cc2nn(CC(=O)N3CCN(C)CC3)cc2cc1NC(=O)O. The Hall–Kier alpha value is -2.81. The van der Waals surface area contributed by atoms with Crippen LogP contribution in [0.4, 0.5) is 10.5 Å². The van der Waals surface area contributed by atoms with Crippen molar-refractivity contribution in [2.24, 2.45) is 0 Å². The Balaban J connectivity index is 1.78. The number of fused-ring (bicyclic) bond motifs is 1. The van der Waals surface area contributed by atoms with E-state index in [4.69, 9.17) is 9.84 Å². The fourth-order valence-corrected chi connectivity index (χ4v) is 2.86. The van der Waals surface area contributed by atoms with Crippen molar-refractivity contribution in [3.63, 3.8) is 0 Å². The van der Waals surface area contributed by atoms with Crippen molar-refractivity contribution in [1.29, 1.82) is 0 Å². The first-order valence-electron chi connectivity index (χ1n) is 7.97. The van der Waals surface area contributed by atoms with E-state index in [9.17, 15) is 9.59 Å². The van der Waals surface area contributed by atoms with Crippen LogP contribution in [0.25, 0.3) is 10.9 Å². The van der Waals surface area contributed by atoms with Gasteiger partial charge >= 0.3 is 6.09 Å². The van der Waals surface area contributed by atoms with Crippen molar-refractivity contribution in [2.45, 2.75) is 6.54 Å². The second-order valence-electron chi connectivity index (χ2n) is 6.05. The van der Waals surface area contributed by atoms with Crippen LogP contribution < -0.4 is 10.1 Å². The summed E-state index contributed by atoms with van der Waals surface area (Å²) >= 11 is 0. The molecule has 2 heterocycles. The van der Waals surface area contributed by atoms with E-state index in [2.05, 4.69) is 15.3 Å². The summed E-state index contributed by atoms with van der Waals surface area (Å²) in [5.41, 5.74) is 0.978. The van der Waals surface area contributed by atoms with Crippen molar-refractivity contribution < 1.29 is 19.4 Å². The summed E-state index contributed by atoms with van der Waals surface area (Å²) in [6.45, 7) is 3.33. The van der Waals surface area contributed by atoms with E-state index in [1.54, 1.807) is 23.0 Å². The number of nitrogens with zero attached hydrogens (tertiary/aromatic N) is 4. The molecule has 9 nitrogen and oxygen atoms in total. The zero-order chi connectivity index (χ0) is 18.0. The molecule has 0 aliphatic carbocycles. The van der Waals surface area contributed by atoms with Gasteiger partial charge in [0.15, 0.2) is 0 Å². The first-order chi connectivity index (χ1) is 12.0. The molecule has 0 radical (unpaired) electrons. The maximum absolute atomic E-state index is 12.4. The molecule has 1 aromatic carbocycles. The van der Waals surface area contributed by atoms with Gasteiger partial charge in [-0.2, -0.15) is 5.10 Å². The monoisotopic (exact) mass is 347 g/mol. The number of rotatable bonds is 4. The number of aromatic nitrogens is 2. The quantitative estimate of drug-likeness (QED) is 0.853. The van der Waals surface area contributed by atoms with Gasteiger partial charge in [-0.3, -0.25) is 14.8 Å². The summed E-state index contributed by atoms with van der Waals surface area (Å²) in [5, 5.41) is 16.3. The first-order valence-corrected chi connectivity index (χ1v) is 7.97. The van der Waals surface area contributed by atoms with Crippen LogP contribution in [0.5, 0.6) is 5.75 Å². The zero-order valence-corrected chi connectivity index (χ0v) is 14.2. The van der Waals surface area contributed by atoms with Crippen LogP contribution in [-0.4, -0.2) is 77.0 Å². The minimum absolute atomic E-state index is 0.0248. The molecule has 2 aromatic rings. The van der Waals surface area contributed by atoms with Gasteiger partial charge in [0, 0.05) is 43.8 Å². The van der Waals surface area contributed by atoms with E-state index in [-0.39, 0.29) is 12.5 Å². The molecule has 1 fully saturated rings. The molecule has 0 saturated carbocycles. The number of benzene rings is 1. The third kappa shape index (κ3) is 3.82. The number of methoxy groups -OCH3 is 1. The number of anilines is 1. The third-order valence-corrected chi connectivity index (χ3v) is 4.27. The third-order valence-electron chi connectivity index (χ3n) is 4.27. The lowest BCUT2D eigenvalue weighted by Crippen LogP contribution is -2.48. The number of piperazine rings is 1. The van der Waals surface area contributed by atoms with Gasteiger partial charge in [0.25, 0.3) is 0 Å². The number of amides is 2. The topological polar surface area (TPSA) is 99.9 Å². The predicted octanol–water partition coefficient (Wildman–Crippen LogP) is 0.909. The van der Waals surface area contributed by atoms with Gasteiger partial charge in [-0.05, 0) is 13.1 Å². The summed E-state index contributed by atoms with van der Waals surface area (Å²) in [6.07, 6.45) is 0.561. The van der Waals surface area contributed by atoms with E-state index in [0.29, 0.717) is 17.0 Å². The summed E-state index contributed by atoms with van der Waals surface area (Å²) in [7, 11) is 3.50. The van der Waals surface area contributed by atoms with Gasteiger partial charge in [-0.25, -0.2) is 4.79 Å². The molecule has 2 N–H and O–H groups in total. The molecule has 0 bridgehead atoms. The molecule has 0 unspecified atom stereocenters. The Morgan fingerprint density at radius 3 is 2.64 bits per heavy atom. The second kappa shape index (κ2) is 6.98. The molecular formula is C16H21N5O4. The highest BCUT2D eigenvalue weighted by molar-refractivity contribution is 5.92. The fourth-order valence-electron chi connectivity index (χ4n) is 2.86. The summed E-state index contributed by atoms with van der Waals surface area (Å²) in [6, 6.07) is 3.30. The Morgan fingerprint density at radius 1 is 1.28 bits per heavy atom. The number of carbonyl (C=O) groups is 2. The number of nitrogens with one attached hydrogen (secondary N) is 1. The van der Waals surface area contributed by atoms with Crippen molar-refractivity contribution in [3.8, 4) is 5.75 Å². The first kappa shape index (κ1) is 17.0. The number of hydrogen-bond donors (Lipinski definition) is 2. The number of ether oxygens (including phenoxy) is 1. The minimum Gasteiger partial charge on any atom is -0.494 e. The van der Waals surface area contributed by atoms with Crippen LogP contribution in [0.15, 0.2) is 18.3 Å². The molecule has 0 atom stereocenters. The largest absolute Gasteiger partial charge is 0.494 e. The molecule has 1 aliphatic rings. The van der Waals surface area contributed by atoms with Gasteiger partial charge in [-0.15, -0.1) is 0 Å². The van der Waals surface area contributed by atoms with Crippen LogP contribution in [0.1, 0.15) is 0 Å². The molecule has 9 heteroatoms. The smallest absolute Gasteiger partial charge is 0.409 e. The number of likely N-dealkylation sites (N-methyl/N-ethyl adjacent to an activating group) is 1. The van der Waals surface area contributed by atoms with Gasteiger partial charge < -0.3 is 19.6 Å². The van der Waals surface area contributed by atoms with Crippen LogP contribution >= 0.6 is 0 Å². The van der Waals surface area contributed by atoms with Crippen molar-refractivity contribution in [1.82, 2.24) is 19.6 Å². The Bertz CT molecular complexity index is 795. The predicted molar refractivity (Wildman–Crippen MR) is 92.0 cm³/mol. The molecule has 0 spiro atoms. The maximum Gasteiger partial charge on any atom is 0.409 e. The lowest BCUT2D eigenvalue weighted by atomic mass is 10.2. The summed E-state index contributed by atoms with van der Waals surface area (Å²) in [4.78, 5) is 27.3. The van der Waals surface area contributed by atoms with Crippen LogP contribution in [0, 0.1) is 0 Å². The molecule has 1 aromatic heterocycles. The average Bonchev–Trinajstić information content (AvgIpc) is 2.95. The summed E-state index contributed by atoms with van der Waals surface area (Å²) < 4.78 is 6.77. The molecule has 134 valence electrons. The van der Waals surface area contributed by atoms with Gasteiger partial charge in [0.1, 0.15) is 12.3 Å². The Kier molecular flexibility index (Phi) is 4.75. The van der Waals surface area contributed by atoms with Crippen LogP contribution in [0.3, 0.4) is 0 Å². The Morgan fingerprint density at radius 2 is 2.00 bits per heavy atom. The normalized spacial score (nSPS) is 15.4. The van der Waals surface area contributed by atoms with Gasteiger partial charge in [0.05, 0.1) is 18.3 Å². The lowest BCUT2D eigenvalue weighted by molar-refractivity contribution is -0.133. The van der Waals surface area contributed by atoms with E-state index in [0.717, 1.165) is 31.6 Å². The van der Waals surface area contributed by atoms with Gasteiger partial charge in [-0.1, -0.05) is 0 Å². The highest BCUT2D eigenvalue weighted by atomic mass is 16.5. The second-order valence-corrected chi connectivity index (χ2v) is 6.05. The number of hydrogen-bond acceptors (Lipinski definition) is 5. The van der Waals surface area contributed by atoms with E-state index < -0.39 is 6.09 Å². The lowest BCUT2D eigenvalue weighted by Gasteiger charge is -2.32. The highest BCUT2D eigenvalue weighted by Crippen LogP contribution is 2.29. The molecular weight excluding hydrogens is 326 g/mol. The number of carboxylic acid groups (broad SMARTS) is 1. The standard InChI is InChI=1S/C16H21N5O4/c1-19-3-5-20(6-4-19)15(22)10-21-9-11-7-13(17-16(23)24)14(25-2)8-12(11)18-21/h7-9,17H,3-6,10H2,1-2H3,(H,23,24). The number of carbonyl (C=O) groups excluding carboxylic acids is 1. The molecule has 1 aliphatic heterocycles. The van der Waals surface area contributed by atoms with Crippen molar-refractivity contribution >= 4 is 28.6 Å². The van der Waals surface area contributed by atoms with Gasteiger partial charge in [0.2, 0.25) is 5.91 Å². The highest BCUT2D eigenvalue weighted by Gasteiger charge is 2.20. The molecule has 1 saturated heterocycles. The van der Waals surface area contributed by atoms with Crippen molar-refractivity contribution in [2.75, 3.05) is 45.7 Å². The zero-order valence-electron chi connectivity index (χ0n) is 14.2. The van der Waals surface area contributed by atoms with Crippen molar-refractivity contribution in [3.05, 3.63) is 18.3 Å². The average molecular weight is 347 g/mol. The Labute approximate surface area is 144 Å². The molecule has 3 rings (SSSR count). The summed E-state index contributed by atoms with van der Waals surface area (Å²) in [5.74, 6) is 0.405. The van der Waals surface area contributed by atoms with E-state index >= 15 is 0 Å².